The SMILES string of the molecule is C[C@@H]1CN2C(=N[C@@H](c3ccccn3)[C@H]2c2ccccc2Br)S1. The van der Waals surface area contributed by atoms with E-state index in [4.69, 9.17) is 4.99 Å². The molecule has 2 aromatic rings. The molecule has 0 spiro atoms. The fourth-order valence-corrected chi connectivity index (χ4v) is 4.78. The van der Waals surface area contributed by atoms with E-state index >= 15 is 0 Å². The Hall–Kier alpha value is -1.33. The number of fused-ring (bicyclic) bond motifs is 1. The van der Waals surface area contributed by atoms with Gasteiger partial charge < -0.3 is 4.90 Å². The van der Waals surface area contributed by atoms with Crippen molar-refractivity contribution in [3.8, 4) is 0 Å². The summed E-state index contributed by atoms with van der Waals surface area (Å²) in [7, 11) is 0. The molecular formula is C17H16BrN3S. The predicted molar refractivity (Wildman–Crippen MR) is 95.1 cm³/mol. The van der Waals surface area contributed by atoms with Crippen molar-refractivity contribution >= 4 is 32.9 Å². The van der Waals surface area contributed by atoms with Crippen LogP contribution in [0.3, 0.4) is 0 Å². The highest BCUT2D eigenvalue weighted by Crippen LogP contribution is 2.48. The first-order valence-electron chi connectivity index (χ1n) is 7.40. The molecule has 0 aliphatic carbocycles. The standard InChI is InChI=1S/C17H16BrN3S/c1-11-10-21-16(12-6-2-3-7-13(12)18)15(20-17(21)22-11)14-8-4-5-9-19-14/h2-9,11,15-16H,10H2,1H3/t11-,15+,16-/m1/s1. The van der Waals surface area contributed by atoms with Crippen LogP contribution in [0.15, 0.2) is 58.1 Å². The van der Waals surface area contributed by atoms with E-state index in [1.807, 2.05) is 30.1 Å². The van der Waals surface area contributed by atoms with E-state index < -0.39 is 0 Å². The van der Waals surface area contributed by atoms with Gasteiger partial charge in [-0.3, -0.25) is 9.98 Å². The number of aromatic nitrogens is 1. The van der Waals surface area contributed by atoms with Crippen LogP contribution in [0.2, 0.25) is 0 Å². The lowest BCUT2D eigenvalue weighted by atomic mass is 9.96. The van der Waals surface area contributed by atoms with Crippen LogP contribution in [-0.4, -0.2) is 26.8 Å². The minimum atomic E-state index is 0.0647. The minimum Gasteiger partial charge on any atom is -0.341 e. The number of nitrogens with zero attached hydrogens (tertiary/aromatic N) is 3. The van der Waals surface area contributed by atoms with Crippen LogP contribution in [0.5, 0.6) is 0 Å². The zero-order chi connectivity index (χ0) is 15.1. The highest BCUT2D eigenvalue weighted by Gasteiger charge is 2.43. The topological polar surface area (TPSA) is 28.5 Å². The first-order valence-corrected chi connectivity index (χ1v) is 9.08. The van der Waals surface area contributed by atoms with E-state index in [9.17, 15) is 0 Å². The Morgan fingerprint density at radius 3 is 2.77 bits per heavy atom. The first-order chi connectivity index (χ1) is 10.7. The lowest BCUT2D eigenvalue weighted by molar-refractivity contribution is 0.320. The number of hydrogen-bond donors (Lipinski definition) is 0. The maximum atomic E-state index is 4.99. The Morgan fingerprint density at radius 1 is 1.18 bits per heavy atom. The molecule has 3 nitrogen and oxygen atoms in total. The molecule has 112 valence electrons. The molecule has 1 fully saturated rings. The molecule has 2 aliphatic heterocycles. The van der Waals surface area contributed by atoms with Crippen molar-refractivity contribution in [1.82, 2.24) is 9.88 Å². The molecule has 1 saturated heterocycles. The lowest BCUT2D eigenvalue weighted by Crippen LogP contribution is -2.28. The summed E-state index contributed by atoms with van der Waals surface area (Å²) in [4.78, 5) is 12.0. The molecule has 0 N–H and O–H groups in total. The molecule has 4 rings (SSSR count). The van der Waals surface area contributed by atoms with Gasteiger partial charge in [0, 0.05) is 22.5 Å². The normalized spacial score (nSPS) is 26.9. The monoisotopic (exact) mass is 373 g/mol. The molecule has 1 aromatic heterocycles. The second kappa shape index (κ2) is 5.70. The van der Waals surface area contributed by atoms with Crippen LogP contribution < -0.4 is 0 Å². The quantitative estimate of drug-likeness (QED) is 0.779. The van der Waals surface area contributed by atoms with Crippen LogP contribution in [-0.2, 0) is 0 Å². The Bertz CT molecular complexity index is 719. The van der Waals surface area contributed by atoms with Gasteiger partial charge in [-0.1, -0.05) is 58.9 Å². The average molecular weight is 374 g/mol. The smallest absolute Gasteiger partial charge is 0.160 e. The van der Waals surface area contributed by atoms with Gasteiger partial charge in [0.15, 0.2) is 5.17 Å². The van der Waals surface area contributed by atoms with Crippen molar-refractivity contribution in [3.63, 3.8) is 0 Å². The summed E-state index contributed by atoms with van der Waals surface area (Å²) in [6, 6.07) is 14.8. The fourth-order valence-electron chi connectivity index (χ4n) is 3.17. The minimum absolute atomic E-state index is 0.0647. The second-order valence-electron chi connectivity index (χ2n) is 5.66. The maximum Gasteiger partial charge on any atom is 0.160 e. The molecule has 1 aromatic carbocycles. The van der Waals surface area contributed by atoms with Gasteiger partial charge >= 0.3 is 0 Å². The second-order valence-corrected chi connectivity index (χ2v) is 7.92. The van der Waals surface area contributed by atoms with Gasteiger partial charge in [0.1, 0.15) is 6.04 Å². The number of amidine groups is 1. The van der Waals surface area contributed by atoms with Crippen LogP contribution in [0, 0.1) is 0 Å². The third kappa shape index (κ3) is 2.36. The largest absolute Gasteiger partial charge is 0.341 e. The van der Waals surface area contributed by atoms with Crippen LogP contribution in [0.1, 0.15) is 30.3 Å². The summed E-state index contributed by atoms with van der Waals surface area (Å²) >= 11 is 5.59. The van der Waals surface area contributed by atoms with E-state index in [0.717, 1.165) is 21.9 Å². The summed E-state index contributed by atoms with van der Waals surface area (Å²) in [5.41, 5.74) is 2.32. The summed E-state index contributed by atoms with van der Waals surface area (Å²) in [5.74, 6) is 0. The first kappa shape index (κ1) is 14.3. The molecule has 22 heavy (non-hydrogen) atoms. The highest BCUT2D eigenvalue weighted by atomic mass is 79.9. The highest BCUT2D eigenvalue weighted by molar-refractivity contribution is 9.10. The van der Waals surface area contributed by atoms with E-state index in [0.29, 0.717) is 5.25 Å². The maximum absolute atomic E-state index is 4.99. The third-order valence-corrected chi connectivity index (χ3v) is 5.93. The van der Waals surface area contributed by atoms with E-state index in [1.165, 1.54) is 5.56 Å². The van der Waals surface area contributed by atoms with Gasteiger partial charge in [-0.25, -0.2) is 0 Å². The molecule has 0 unspecified atom stereocenters. The van der Waals surface area contributed by atoms with Gasteiger partial charge in [-0.2, -0.15) is 0 Å². The van der Waals surface area contributed by atoms with Crippen LogP contribution >= 0.6 is 27.7 Å². The summed E-state index contributed by atoms with van der Waals surface area (Å²) in [6.07, 6.45) is 1.85. The Kier molecular flexibility index (Phi) is 3.70. The average Bonchev–Trinajstić information content (AvgIpc) is 3.05. The Morgan fingerprint density at radius 2 is 2.00 bits per heavy atom. The van der Waals surface area contributed by atoms with Crippen molar-refractivity contribution in [1.29, 1.82) is 0 Å². The molecule has 0 bridgehead atoms. The molecule has 2 aliphatic rings. The Labute approximate surface area is 143 Å². The van der Waals surface area contributed by atoms with E-state index in [-0.39, 0.29) is 12.1 Å². The predicted octanol–water partition coefficient (Wildman–Crippen LogP) is 4.43. The van der Waals surface area contributed by atoms with Gasteiger partial charge in [0.2, 0.25) is 0 Å². The number of hydrogen-bond acceptors (Lipinski definition) is 4. The van der Waals surface area contributed by atoms with Crippen molar-refractivity contribution in [2.45, 2.75) is 24.3 Å². The van der Waals surface area contributed by atoms with Gasteiger partial charge in [-0.15, -0.1) is 0 Å². The molecule has 5 heteroatoms. The van der Waals surface area contributed by atoms with E-state index in [1.54, 1.807) is 0 Å². The molecule has 3 heterocycles. The van der Waals surface area contributed by atoms with Crippen molar-refractivity contribution in [3.05, 3.63) is 64.4 Å². The molecule has 0 saturated carbocycles. The van der Waals surface area contributed by atoms with Crippen LogP contribution in [0.25, 0.3) is 0 Å². The summed E-state index contributed by atoms with van der Waals surface area (Å²) in [6.45, 7) is 3.30. The molecule has 0 amide bonds. The zero-order valence-corrected chi connectivity index (χ0v) is 14.6. The number of halogens is 1. The number of aliphatic imine (C=N–C) groups is 1. The zero-order valence-electron chi connectivity index (χ0n) is 12.2. The van der Waals surface area contributed by atoms with Crippen LogP contribution in [0.4, 0.5) is 0 Å². The summed E-state index contributed by atoms with van der Waals surface area (Å²) in [5, 5.41) is 1.75. The van der Waals surface area contributed by atoms with Gasteiger partial charge in [-0.05, 0) is 23.8 Å². The Balaban J connectivity index is 1.81. The van der Waals surface area contributed by atoms with Crippen molar-refractivity contribution in [2.75, 3.05) is 6.54 Å². The van der Waals surface area contributed by atoms with Gasteiger partial charge in [0.25, 0.3) is 0 Å². The number of rotatable bonds is 2. The summed E-state index contributed by atoms with van der Waals surface area (Å²) < 4.78 is 1.14. The number of benzene rings is 1. The molecule has 0 radical (unpaired) electrons. The number of thioether (sulfide) groups is 1. The number of pyridine rings is 1. The third-order valence-electron chi connectivity index (χ3n) is 4.11. The fraction of sp³-hybridized carbons (Fsp3) is 0.294. The molecule has 3 atom stereocenters. The van der Waals surface area contributed by atoms with Crippen molar-refractivity contribution < 1.29 is 0 Å². The van der Waals surface area contributed by atoms with Gasteiger partial charge in [0.05, 0.1) is 11.7 Å². The van der Waals surface area contributed by atoms with Crippen molar-refractivity contribution in [2.24, 2.45) is 4.99 Å². The molecular weight excluding hydrogens is 358 g/mol. The van der Waals surface area contributed by atoms with E-state index in [2.05, 4.69) is 63.1 Å². The lowest BCUT2D eigenvalue weighted by Gasteiger charge is -2.28.